The fraction of sp³-hybridized carbons (Fsp3) is 1.00. The average molecular weight is 449 g/mol. The highest BCUT2D eigenvalue weighted by Gasteiger charge is 2.44. The molecular weight excluding hydrogens is 396 g/mol. The molecule has 163 valence electrons. The summed E-state index contributed by atoms with van der Waals surface area (Å²) in [5.41, 5.74) is 0. The summed E-state index contributed by atoms with van der Waals surface area (Å²) in [7, 11) is -3.27. The van der Waals surface area contributed by atoms with Crippen LogP contribution in [0.2, 0.25) is 26.2 Å². The number of rotatable bonds is 6. The lowest BCUT2D eigenvalue weighted by Crippen LogP contribution is -2.58. The van der Waals surface area contributed by atoms with E-state index in [9.17, 15) is 0 Å². The molecule has 1 nitrogen and oxygen atoms in total. The lowest BCUT2D eigenvalue weighted by molar-refractivity contribution is 0.708. The van der Waals surface area contributed by atoms with Crippen molar-refractivity contribution in [3.63, 3.8) is 0 Å². The van der Waals surface area contributed by atoms with Crippen molar-refractivity contribution >= 4 is 32.3 Å². The van der Waals surface area contributed by atoms with Crippen molar-refractivity contribution in [2.24, 2.45) is 0 Å². The fourth-order valence-electron chi connectivity index (χ4n) is 4.63. The predicted octanol–water partition coefficient (Wildman–Crippen LogP) is 8.24. The summed E-state index contributed by atoms with van der Waals surface area (Å²) in [4.78, 5) is 0. The molecule has 0 aliphatic heterocycles. The van der Waals surface area contributed by atoms with E-state index in [0.29, 0.717) is 20.6 Å². The molecule has 0 atom stereocenters. The molecule has 1 radical (unpaired) electrons. The van der Waals surface area contributed by atoms with Gasteiger partial charge in [0.15, 0.2) is 0 Å². The summed E-state index contributed by atoms with van der Waals surface area (Å²) in [6.07, 6.45) is 0. The highest BCUT2D eigenvalue weighted by atomic mass is 31.1. The zero-order valence-electron chi connectivity index (χ0n) is 21.8. The van der Waals surface area contributed by atoms with Crippen molar-refractivity contribution in [2.75, 3.05) is 11.6 Å². The molecule has 0 aliphatic rings. The second-order valence-corrected chi connectivity index (χ2v) is 31.3. The summed E-state index contributed by atoms with van der Waals surface area (Å²) >= 11 is 0. The third kappa shape index (κ3) is 10.2. The topological polar surface area (TPSA) is 14.1 Å². The van der Waals surface area contributed by atoms with E-state index in [1.54, 1.807) is 0 Å². The van der Waals surface area contributed by atoms with Crippen molar-refractivity contribution in [3.8, 4) is 0 Å². The van der Waals surface area contributed by atoms with Crippen LogP contribution in [-0.4, -0.2) is 48.7 Å². The van der Waals surface area contributed by atoms with Gasteiger partial charge in [-0.25, -0.2) is 0 Å². The van der Waals surface area contributed by atoms with Gasteiger partial charge < -0.3 is 0 Å². The van der Waals surface area contributed by atoms with E-state index in [1.165, 1.54) is 11.6 Å². The first-order valence-electron chi connectivity index (χ1n) is 10.7. The van der Waals surface area contributed by atoms with Crippen LogP contribution in [0.5, 0.6) is 0 Å². The molecule has 0 fully saturated rings. The molecule has 0 aliphatic carbocycles. The maximum absolute atomic E-state index is 5.78. The monoisotopic (exact) mass is 448 g/mol. The van der Waals surface area contributed by atoms with Gasteiger partial charge in [0, 0.05) is 0 Å². The molecular formula is C22H52NP2Si2. The Morgan fingerprint density at radius 2 is 0.667 bits per heavy atom. The Kier molecular flexibility index (Phi) is 9.19. The molecule has 0 aromatic carbocycles. The van der Waals surface area contributed by atoms with Gasteiger partial charge >= 0.3 is 0 Å². The summed E-state index contributed by atoms with van der Waals surface area (Å²) in [5, 5.41) is 1.62. The smallest absolute Gasteiger partial charge is 0.133 e. The van der Waals surface area contributed by atoms with Crippen LogP contribution in [0.15, 0.2) is 0 Å². The molecule has 0 heterocycles. The Hall–Kier alpha value is 1.25. The normalized spacial score (nSPS) is 15.8. The van der Waals surface area contributed by atoms with E-state index < -0.39 is 16.5 Å². The van der Waals surface area contributed by atoms with Gasteiger partial charge in [0.1, 0.15) is 16.5 Å². The minimum atomic E-state index is -1.58. The summed E-state index contributed by atoms with van der Waals surface area (Å²) < 4.78 is 5.78. The van der Waals surface area contributed by atoms with Crippen LogP contribution < -0.4 is 4.65 Å². The van der Waals surface area contributed by atoms with E-state index in [1.807, 2.05) is 0 Å². The molecule has 0 bridgehead atoms. The number of hydrogen-bond donors (Lipinski definition) is 0. The lowest BCUT2D eigenvalue weighted by Gasteiger charge is -2.48. The van der Waals surface area contributed by atoms with Crippen LogP contribution >= 0.6 is 15.8 Å². The van der Waals surface area contributed by atoms with Gasteiger partial charge in [-0.05, 0) is 32.2 Å². The van der Waals surface area contributed by atoms with Gasteiger partial charge in [0.25, 0.3) is 0 Å². The summed E-state index contributed by atoms with van der Waals surface area (Å²) in [5.74, 6) is 2.77. The van der Waals surface area contributed by atoms with Crippen LogP contribution in [0, 0.1) is 0 Å². The highest BCUT2D eigenvalue weighted by molar-refractivity contribution is 7.64. The zero-order valence-corrected chi connectivity index (χ0v) is 25.5. The highest BCUT2D eigenvalue weighted by Crippen LogP contribution is 2.61. The van der Waals surface area contributed by atoms with E-state index in [-0.39, 0.29) is 15.8 Å². The molecule has 0 N–H and O–H groups in total. The standard InChI is InChI=1S/C22H52NP2Si2/c1-19(2,3)24(20(4,5)6)17-26(13,14)23-27(15,16)18-25(21(7,8)9)22(10,11)12/h17-18H2,1-16H3. The van der Waals surface area contributed by atoms with Crippen molar-refractivity contribution in [2.45, 2.75) is 130 Å². The lowest BCUT2D eigenvalue weighted by atomic mass is 10.2. The van der Waals surface area contributed by atoms with Crippen LogP contribution in [-0.2, 0) is 0 Å². The minimum absolute atomic E-state index is 0.0538. The first kappa shape index (κ1) is 28.3. The van der Waals surface area contributed by atoms with Crippen molar-refractivity contribution < 1.29 is 0 Å². The Balaban J connectivity index is 5.51. The van der Waals surface area contributed by atoms with E-state index >= 15 is 0 Å². The molecule has 0 saturated carbocycles. The summed E-state index contributed by atoms with van der Waals surface area (Å²) in [6.45, 7) is 39.6. The van der Waals surface area contributed by atoms with Crippen LogP contribution in [0.25, 0.3) is 0 Å². The Labute approximate surface area is 178 Å². The molecule has 5 heteroatoms. The third-order valence-electron chi connectivity index (χ3n) is 4.93. The van der Waals surface area contributed by atoms with Crippen LogP contribution in [0.3, 0.4) is 0 Å². The van der Waals surface area contributed by atoms with Gasteiger partial charge in [-0.15, -0.1) is 0 Å². The van der Waals surface area contributed by atoms with E-state index in [2.05, 4.69) is 109 Å². The predicted molar refractivity (Wildman–Crippen MR) is 140 cm³/mol. The van der Waals surface area contributed by atoms with Gasteiger partial charge in [0.05, 0.1) is 0 Å². The number of hydrogen-bond acceptors (Lipinski definition) is 0. The van der Waals surface area contributed by atoms with E-state index in [0.717, 1.165) is 0 Å². The number of nitrogens with zero attached hydrogens (tertiary/aromatic N) is 1. The van der Waals surface area contributed by atoms with Gasteiger partial charge in [-0.3, -0.25) is 4.65 Å². The molecule has 0 unspecified atom stereocenters. The fourth-order valence-corrected chi connectivity index (χ4v) is 30.8. The van der Waals surface area contributed by atoms with E-state index in [4.69, 9.17) is 4.65 Å². The second kappa shape index (κ2) is 8.78. The maximum atomic E-state index is 5.78. The SMILES string of the molecule is CC(C)(C)P(C[Si](C)(C)[N][Si](C)(C)CP(C(C)(C)C)C(C)(C)C)C(C)(C)C. The van der Waals surface area contributed by atoms with Gasteiger partial charge in [0.2, 0.25) is 0 Å². The molecule has 0 aromatic rings. The third-order valence-corrected chi connectivity index (χ3v) is 25.0. The van der Waals surface area contributed by atoms with Gasteiger partial charge in [-0.2, -0.15) is 0 Å². The Morgan fingerprint density at radius 3 is 0.815 bits per heavy atom. The molecule has 0 rings (SSSR count). The largest absolute Gasteiger partial charge is 0.295 e. The van der Waals surface area contributed by atoms with Crippen molar-refractivity contribution in [1.82, 2.24) is 4.65 Å². The molecule has 0 saturated heterocycles. The maximum Gasteiger partial charge on any atom is 0.133 e. The Bertz CT molecular complexity index is 403. The second-order valence-electron chi connectivity index (χ2n) is 13.6. The molecule has 27 heavy (non-hydrogen) atoms. The first-order chi connectivity index (χ1) is 11.4. The Morgan fingerprint density at radius 1 is 0.481 bits per heavy atom. The van der Waals surface area contributed by atoms with Crippen LogP contribution in [0.4, 0.5) is 0 Å². The zero-order chi connectivity index (χ0) is 22.3. The average Bonchev–Trinajstić information content (AvgIpc) is 2.26. The first-order valence-corrected chi connectivity index (χ1v) is 20.0. The van der Waals surface area contributed by atoms with Crippen molar-refractivity contribution in [3.05, 3.63) is 0 Å². The summed E-state index contributed by atoms with van der Waals surface area (Å²) in [6, 6.07) is 0. The van der Waals surface area contributed by atoms with Gasteiger partial charge in [-0.1, -0.05) is 125 Å². The van der Waals surface area contributed by atoms with Crippen LogP contribution in [0.1, 0.15) is 83.1 Å². The minimum Gasteiger partial charge on any atom is -0.295 e. The quantitative estimate of drug-likeness (QED) is 0.287. The molecule has 0 spiro atoms. The molecule has 0 aromatic heterocycles. The van der Waals surface area contributed by atoms with Crippen molar-refractivity contribution in [1.29, 1.82) is 0 Å². The molecule has 0 amide bonds.